The van der Waals surface area contributed by atoms with E-state index in [1.165, 1.54) is 0 Å². The molecule has 2 amide bonds. The lowest BCUT2D eigenvalue weighted by Gasteiger charge is -2.27. The van der Waals surface area contributed by atoms with Crippen molar-refractivity contribution in [3.63, 3.8) is 0 Å². The molecular weight excluding hydrogens is 290 g/mol. The van der Waals surface area contributed by atoms with Crippen molar-refractivity contribution in [3.8, 4) is 0 Å². The summed E-state index contributed by atoms with van der Waals surface area (Å²) in [5.74, 6) is -0.0586. The van der Waals surface area contributed by atoms with Crippen molar-refractivity contribution >= 4 is 17.5 Å². The molecule has 0 aromatic heterocycles. The summed E-state index contributed by atoms with van der Waals surface area (Å²) in [6.45, 7) is 0.272. The van der Waals surface area contributed by atoms with Crippen molar-refractivity contribution in [2.75, 3.05) is 18.9 Å². The SMILES string of the molecule is CNCC(=O)Nc1ccc(C2NC(=O)Cc3ccccc32)cc1. The number of carbonyl (C=O) groups is 2. The van der Waals surface area contributed by atoms with Gasteiger partial charge in [0.15, 0.2) is 0 Å². The Morgan fingerprint density at radius 1 is 1.17 bits per heavy atom. The summed E-state index contributed by atoms with van der Waals surface area (Å²) in [5.41, 5.74) is 3.92. The predicted octanol–water partition coefficient (Wildman–Crippen LogP) is 1.61. The number of likely N-dealkylation sites (N-methyl/N-ethyl adjacent to an activating group) is 1. The molecule has 1 atom stereocenters. The van der Waals surface area contributed by atoms with Crippen LogP contribution in [-0.2, 0) is 16.0 Å². The topological polar surface area (TPSA) is 70.2 Å². The van der Waals surface area contributed by atoms with E-state index in [2.05, 4.69) is 16.0 Å². The van der Waals surface area contributed by atoms with Crippen LogP contribution in [0.1, 0.15) is 22.7 Å². The smallest absolute Gasteiger partial charge is 0.238 e. The molecule has 1 aliphatic heterocycles. The summed E-state index contributed by atoms with van der Waals surface area (Å²) in [5, 5.41) is 8.65. The van der Waals surface area contributed by atoms with Crippen LogP contribution in [0.2, 0.25) is 0 Å². The Hall–Kier alpha value is -2.66. The van der Waals surface area contributed by atoms with Crippen LogP contribution in [0.25, 0.3) is 0 Å². The Morgan fingerprint density at radius 3 is 2.65 bits per heavy atom. The lowest BCUT2D eigenvalue weighted by molar-refractivity contribution is -0.121. The molecule has 3 rings (SSSR count). The molecule has 2 aromatic rings. The lowest BCUT2D eigenvalue weighted by atomic mass is 9.89. The average molecular weight is 309 g/mol. The molecule has 5 heteroatoms. The van der Waals surface area contributed by atoms with Gasteiger partial charge in [0.25, 0.3) is 0 Å². The van der Waals surface area contributed by atoms with E-state index in [4.69, 9.17) is 0 Å². The minimum atomic E-state index is -0.144. The van der Waals surface area contributed by atoms with E-state index in [1.807, 2.05) is 48.5 Å². The molecule has 0 spiro atoms. The van der Waals surface area contributed by atoms with Crippen LogP contribution in [0.3, 0.4) is 0 Å². The number of hydrogen-bond acceptors (Lipinski definition) is 3. The average Bonchev–Trinajstić information content (AvgIpc) is 2.55. The highest BCUT2D eigenvalue weighted by Gasteiger charge is 2.25. The van der Waals surface area contributed by atoms with E-state index in [0.29, 0.717) is 6.42 Å². The molecule has 1 unspecified atom stereocenters. The highest BCUT2D eigenvalue weighted by Crippen LogP contribution is 2.29. The fraction of sp³-hybridized carbons (Fsp3) is 0.222. The number of hydrogen-bond donors (Lipinski definition) is 3. The fourth-order valence-electron chi connectivity index (χ4n) is 2.83. The Labute approximate surface area is 135 Å². The van der Waals surface area contributed by atoms with Crippen LogP contribution < -0.4 is 16.0 Å². The molecule has 0 fully saturated rings. The van der Waals surface area contributed by atoms with Gasteiger partial charge in [0, 0.05) is 5.69 Å². The predicted molar refractivity (Wildman–Crippen MR) is 89.1 cm³/mol. The van der Waals surface area contributed by atoms with Gasteiger partial charge in [-0.3, -0.25) is 9.59 Å². The summed E-state index contributed by atoms with van der Waals surface area (Å²) in [4.78, 5) is 23.5. The first-order valence-corrected chi connectivity index (χ1v) is 7.59. The van der Waals surface area contributed by atoms with Crippen molar-refractivity contribution in [2.24, 2.45) is 0 Å². The van der Waals surface area contributed by atoms with Gasteiger partial charge in [-0.05, 0) is 35.9 Å². The maximum absolute atomic E-state index is 11.9. The highest BCUT2D eigenvalue weighted by atomic mass is 16.2. The van der Waals surface area contributed by atoms with Crippen molar-refractivity contribution in [1.29, 1.82) is 0 Å². The van der Waals surface area contributed by atoms with Gasteiger partial charge in [-0.1, -0.05) is 36.4 Å². The van der Waals surface area contributed by atoms with Gasteiger partial charge in [-0.2, -0.15) is 0 Å². The molecule has 0 radical (unpaired) electrons. The number of nitrogens with one attached hydrogen (secondary N) is 3. The van der Waals surface area contributed by atoms with Crippen molar-refractivity contribution in [3.05, 3.63) is 65.2 Å². The zero-order valence-corrected chi connectivity index (χ0v) is 12.9. The fourth-order valence-corrected chi connectivity index (χ4v) is 2.83. The number of benzene rings is 2. The van der Waals surface area contributed by atoms with Crippen LogP contribution in [0, 0.1) is 0 Å². The van der Waals surface area contributed by atoms with Gasteiger partial charge >= 0.3 is 0 Å². The number of anilines is 1. The summed E-state index contributed by atoms with van der Waals surface area (Å²) in [7, 11) is 1.73. The molecule has 1 aliphatic rings. The van der Waals surface area contributed by atoms with E-state index >= 15 is 0 Å². The molecule has 0 bridgehead atoms. The van der Waals surface area contributed by atoms with Crippen LogP contribution in [0.15, 0.2) is 48.5 Å². The molecule has 3 N–H and O–H groups in total. The van der Waals surface area contributed by atoms with E-state index in [0.717, 1.165) is 22.4 Å². The number of fused-ring (bicyclic) bond motifs is 1. The number of amides is 2. The normalized spacial score (nSPS) is 16.4. The Kier molecular flexibility index (Phi) is 4.39. The van der Waals surface area contributed by atoms with E-state index in [1.54, 1.807) is 7.05 Å². The third kappa shape index (κ3) is 3.40. The summed E-state index contributed by atoms with van der Waals surface area (Å²) in [6.07, 6.45) is 0.421. The highest BCUT2D eigenvalue weighted by molar-refractivity contribution is 5.92. The van der Waals surface area contributed by atoms with Gasteiger partial charge in [0.2, 0.25) is 11.8 Å². The van der Waals surface area contributed by atoms with Gasteiger partial charge in [-0.25, -0.2) is 0 Å². The molecule has 0 saturated heterocycles. The van der Waals surface area contributed by atoms with Crippen LogP contribution >= 0.6 is 0 Å². The molecule has 23 heavy (non-hydrogen) atoms. The van der Waals surface area contributed by atoms with Gasteiger partial charge in [0.1, 0.15) is 0 Å². The quantitative estimate of drug-likeness (QED) is 0.803. The van der Waals surface area contributed by atoms with Crippen LogP contribution in [0.5, 0.6) is 0 Å². The third-order valence-corrected chi connectivity index (χ3v) is 3.89. The second kappa shape index (κ2) is 6.62. The number of rotatable bonds is 4. The van der Waals surface area contributed by atoms with Gasteiger partial charge in [0.05, 0.1) is 19.0 Å². The van der Waals surface area contributed by atoms with Gasteiger partial charge in [-0.15, -0.1) is 0 Å². The minimum Gasteiger partial charge on any atom is -0.345 e. The van der Waals surface area contributed by atoms with E-state index in [9.17, 15) is 9.59 Å². The largest absolute Gasteiger partial charge is 0.345 e. The van der Waals surface area contributed by atoms with Crippen molar-refractivity contribution in [2.45, 2.75) is 12.5 Å². The second-order valence-corrected chi connectivity index (χ2v) is 5.58. The Bertz CT molecular complexity index is 725. The molecule has 0 aliphatic carbocycles. The molecule has 118 valence electrons. The first-order valence-electron chi connectivity index (χ1n) is 7.59. The third-order valence-electron chi connectivity index (χ3n) is 3.89. The van der Waals surface area contributed by atoms with E-state index < -0.39 is 0 Å². The zero-order valence-electron chi connectivity index (χ0n) is 12.9. The Morgan fingerprint density at radius 2 is 1.91 bits per heavy atom. The summed E-state index contributed by atoms with van der Waals surface area (Å²) in [6, 6.07) is 15.4. The lowest BCUT2D eigenvalue weighted by Crippen LogP contribution is -2.35. The van der Waals surface area contributed by atoms with E-state index in [-0.39, 0.29) is 24.4 Å². The van der Waals surface area contributed by atoms with Crippen molar-refractivity contribution in [1.82, 2.24) is 10.6 Å². The molecule has 0 saturated carbocycles. The molecular formula is C18H19N3O2. The minimum absolute atomic E-state index is 0.0279. The molecule has 2 aromatic carbocycles. The van der Waals surface area contributed by atoms with Crippen LogP contribution in [-0.4, -0.2) is 25.4 Å². The Balaban J connectivity index is 1.82. The maximum Gasteiger partial charge on any atom is 0.238 e. The standard InChI is InChI=1S/C18H19N3O2/c1-19-11-17(23)20-14-8-6-12(7-9-14)18-15-5-3-2-4-13(15)10-16(22)21-18/h2-9,18-19H,10-11H2,1H3,(H,20,23)(H,21,22). The van der Waals surface area contributed by atoms with Crippen molar-refractivity contribution < 1.29 is 9.59 Å². The number of carbonyl (C=O) groups excluding carboxylic acids is 2. The summed E-state index contributed by atoms with van der Waals surface area (Å²) >= 11 is 0. The second-order valence-electron chi connectivity index (χ2n) is 5.58. The first-order chi connectivity index (χ1) is 11.2. The van der Waals surface area contributed by atoms with Crippen LogP contribution in [0.4, 0.5) is 5.69 Å². The summed E-state index contributed by atoms with van der Waals surface area (Å²) < 4.78 is 0. The zero-order chi connectivity index (χ0) is 16.2. The van der Waals surface area contributed by atoms with Gasteiger partial charge < -0.3 is 16.0 Å². The molecule has 5 nitrogen and oxygen atoms in total. The maximum atomic E-state index is 11.9. The first kappa shape index (κ1) is 15.2. The molecule has 1 heterocycles. The monoisotopic (exact) mass is 309 g/mol.